The Bertz CT molecular complexity index is 458. The first-order valence-electron chi connectivity index (χ1n) is 8.01. The lowest BCUT2D eigenvalue weighted by Gasteiger charge is -2.30. The summed E-state index contributed by atoms with van der Waals surface area (Å²) in [6.07, 6.45) is 8.79. The summed E-state index contributed by atoms with van der Waals surface area (Å²) in [6, 6.07) is 3.34. The van der Waals surface area contributed by atoms with Crippen molar-refractivity contribution < 1.29 is 4.39 Å². The molecule has 1 aliphatic rings. The van der Waals surface area contributed by atoms with Gasteiger partial charge in [0.2, 0.25) is 0 Å². The molecule has 1 aliphatic carbocycles. The minimum atomic E-state index is -0.167. The summed E-state index contributed by atoms with van der Waals surface area (Å²) in [5.74, 6) is 0.330. The van der Waals surface area contributed by atoms with E-state index < -0.39 is 0 Å². The molecule has 1 unspecified atom stereocenters. The van der Waals surface area contributed by atoms with Crippen LogP contribution in [0, 0.1) is 11.7 Å². The average Bonchev–Trinajstić information content (AvgIpc) is 2.41. The Labute approximate surface area is 140 Å². The highest BCUT2D eigenvalue weighted by Gasteiger charge is 2.26. The number of rotatable bonds is 4. The quantitative estimate of drug-likeness (QED) is 0.612. The van der Waals surface area contributed by atoms with Gasteiger partial charge in [-0.15, -0.1) is 0 Å². The molecular formula is C17H24BrClFN. The smallest absolute Gasteiger partial charge is 0.129 e. The van der Waals surface area contributed by atoms with Gasteiger partial charge in [0.1, 0.15) is 5.82 Å². The average molecular weight is 377 g/mol. The summed E-state index contributed by atoms with van der Waals surface area (Å²) in [4.78, 5) is 0. The highest BCUT2D eigenvalue weighted by molar-refractivity contribution is 9.10. The van der Waals surface area contributed by atoms with E-state index in [2.05, 4.69) is 28.2 Å². The third kappa shape index (κ3) is 4.67. The third-order valence-electron chi connectivity index (χ3n) is 4.42. The molecule has 1 aromatic carbocycles. The molecule has 0 amide bonds. The zero-order chi connectivity index (χ0) is 15.2. The summed E-state index contributed by atoms with van der Waals surface area (Å²) >= 11 is 9.48. The number of hydrogen-bond donors (Lipinski definition) is 1. The minimum Gasteiger partial charge on any atom is -0.310 e. The van der Waals surface area contributed by atoms with Crippen molar-refractivity contribution in [2.24, 2.45) is 5.92 Å². The van der Waals surface area contributed by atoms with Crippen LogP contribution >= 0.6 is 27.5 Å². The Hall–Kier alpha value is -0.120. The van der Waals surface area contributed by atoms with Crippen molar-refractivity contribution in [2.45, 2.75) is 57.9 Å². The summed E-state index contributed by atoms with van der Waals surface area (Å²) in [6.45, 7) is 2.92. The predicted octanol–water partition coefficient (Wildman–Crippen LogP) is 6.25. The van der Waals surface area contributed by atoms with Gasteiger partial charge in [-0.2, -0.15) is 0 Å². The summed E-state index contributed by atoms with van der Waals surface area (Å²) in [7, 11) is 0. The monoisotopic (exact) mass is 375 g/mol. The normalized spacial score (nSPS) is 19.0. The molecule has 0 radical (unpaired) electrons. The second-order valence-corrected chi connectivity index (χ2v) is 7.19. The molecule has 21 heavy (non-hydrogen) atoms. The van der Waals surface area contributed by atoms with Gasteiger partial charge in [0.25, 0.3) is 0 Å². The topological polar surface area (TPSA) is 12.0 Å². The standard InChI is InChI=1S/C17H24BrClFN/c1-2-21-17(12-8-6-4-3-5-7-9-12)13-10-15(19)14(18)11-16(13)20/h10-12,17,21H,2-9H2,1H3. The number of hydrogen-bond acceptors (Lipinski definition) is 1. The lowest BCUT2D eigenvalue weighted by atomic mass is 9.82. The maximum Gasteiger partial charge on any atom is 0.129 e. The summed E-state index contributed by atoms with van der Waals surface area (Å²) in [5, 5.41) is 4.07. The van der Waals surface area contributed by atoms with Gasteiger partial charge in [-0.3, -0.25) is 0 Å². The van der Waals surface area contributed by atoms with Crippen LogP contribution in [0.2, 0.25) is 5.02 Å². The fraction of sp³-hybridized carbons (Fsp3) is 0.647. The van der Waals surface area contributed by atoms with Crippen molar-refractivity contribution in [3.8, 4) is 0 Å². The molecule has 0 aliphatic heterocycles. The van der Waals surface area contributed by atoms with Gasteiger partial charge in [-0.1, -0.05) is 50.6 Å². The Morgan fingerprint density at radius 1 is 1.24 bits per heavy atom. The van der Waals surface area contributed by atoms with E-state index in [1.807, 2.05) is 0 Å². The van der Waals surface area contributed by atoms with E-state index in [0.717, 1.165) is 12.1 Å². The zero-order valence-electron chi connectivity index (χ0n) is 12.6. The SMILES string of the molecule is CCNC(c1cc(Cl)c(Br)cc1F)C1CCCCCCC1. The second kappa shape index (κ2) is 8.50. The van der Waals surface area contributed by atoms with Crippen LogP contribution in [0.4, 0.5) is 4.39 Å². The van der Waals surface area contributed by atoms with Crippen molar-refractivity contribution in [3.05, 3.63) is 33.0 Å². The molecule has 0 bridgehead atoms. The fourth-order valence-electron chi connectivity index (χ4n) is 3.35. The highest BCUT2D eigenvalue weighted by atomic mass is 79.9. The van der Waals surface area contributed by atoms with E-state index in [-0.39, 0.29) is 11.9 Å². The van der Waals surface area contributed by atoms with Crippen molar-refractivity contribution >= 4 is 27.5 Å². The van der Waals surface area contributed by atoms with Gasteiger partial charge < -0.3 is 5.32 Å². The van der Waals surface area contributed by atoms with Crippen LogP contribution in [0.3, 0.4) is 0 Å². The lowest BCUT2D eigenvalue weighted by Crippen LogP contribution is -2.29. The number of nitrogens with one attached hydrogen (secondary N) is 1. The van der Waals surface area contributed by atoms with Crippen molar-refractivity contribution in [1.29, 1.82) is 0 Å². The molecule has 0 spiro atoms. The molecule has 118 valence electrons. The molecule has 1 nitrogen and oxygen atoms in total. The molecule has 4 heteroatoms. The second-order valence-electron chi connectivity index (χ2n) is 5.93. The van der Waals surface area contributed by atoms with Crippen LogP contribution in [-0.2, 0) is 0 Å². The first-order chi connectivity index (χ1) is 10.1. The zero-order valence-corrected chi connectivity index (χ0v) is 14.9. The fourth-order valence-corrected chi connectivity index (χ4v) is 3.84. The number of benzene rings is 1. The Balaban J connectivity index is 2.26. The number of halogens is 3. The Morgan fingerprint density at radius 2 is 1.86 bits per heavy atom. The largest absolute Gasteiger partial charge is 0.310 e. The lowest BCUT2D eigenvalue weighted by molar-refractivity contribution is 0.286. The summed E-state index contributed by atoms with van der Waals surface area (Å²) in [5.41, 5.74) is 0.718. The predicted molar refractivity (Wildman–Crippen MR) is 91.3 cm³/mol. The molecule has 1 aromatic rings. The van der Waals surface area contributed by atoms with Crippen LogP contribution in [0.5, 0.6) is 0 Å². The van der Waals surface area contributed by atoms with E-state index in [1.54, 1.807) is 6.07 Å². The molecular weight excluding hydrogens is 353 g/mol. The molecule has 0 saturated heterocycles. The van der Waals surface area contributed by atoms with E-state index >= 15 is 0 Å². The van der Waals surface area contributed by atoms with Crippen LogP contribution in [0.1, 0.15) is 63.5 Å². The van der Waals surface area contributed by atoms with Gasteiger partial charge in [0.05, 0.1) is 5.02 Å². The van der Waals surface area contributed by atoms with Gasteiger partial charge in [0, 0.05) is 16.1 Å². The van der Waals surface area contributed by atoms with Crippen LogP contribution in [0.25, 0.3) is 0 Å². The molecule has 2 rings (SSSR count). The third-order valence-corrected chi connectivity index (χ3v) is 5.62. The van der Waals surface area contributed by atoms with Crippen molar-refractivity contribution in [2.75, 3.05) is 6.54 Å². The molecule has 0 heterocycles. The molecule has 1 saturated carbocycles. The van der Waals surface area contributed by atoms with Crippen LogP contribution in [-0.4, -0.2) is 6.54 Å². The Morgan fingerprint density at radius 3 is 2.48 bits per heavy atom. The Kier molecular flexibility index (Phi) is 6.97. The van der Waals surface area contributed by atoms with Crippen LogP contribution in [0.15, 0.2) is 16.6 Å². The minimum absolute atomic E-state index is 0.0682. The van der Waals surface area contributed by atoms with E-state index in [4.69, 9.17) is 11.6 Å². The van der Waals surface area contributed by atoms with E-state index in [9.17, 15) is 4.39 Å². The molecule has 1 atom stereocenters. The maximum absolute atomic E-state index is 14.4. The van der Waals surface area contributed by atoms with Gasteiger partial charge in [0.15, 0.2) is 0 Å². The molecule has 1 N–H and O–H groups in total. The maximum atomic E-state index is 14.4. The van der Waals surface area contributed by atoms with Crippen molar-refractivity contribution in [1.82, 2.24) is 5.32 Å². The van der Waals surface area contributed by atoms with Crippen LogP contribution < -0.4 is 5.32 Å². The van der Waals surface area contributed by atoms with Gasteiger partial charge >= 0.3 is 0 Å². The van der Waals surface area contributed by atoms with Crippen molar-refractivity contribution in [3.63, 3.8) is 0 Å². The first-order valence-corrected chi connectivity index (χ1v) is 9.18. The van der Waals surface area contributed by atoms with Gasteiger partial charge in [-0.25, -0.2) is 4.39 Å². The first kappa shape index (κ1) is 17.2. The van der Waals surface area contributed by atoms with E-state index in [1.165, 1.54) is 51.0 Å². The molecule has 0 aromatic heterocycles. The van der Waals surface area contributed by atoms with E-state index in [0.29, 0.717) is 15.4 Å². The van der Waals surface area contributed by atoms with Gasteiger partial charge in [-0.05, 0) is 53.4 Å². The molecule has 1 fully saturated rings. The summed E-state index contributed by atoms with van der Waals surface area (Å²) < 4.78 is 15.0. The highest BCUT2D eigenvalue weighted by Crippen LogP contribution is 2.36.